The summed E-state index contributed by atoms with van der Waals surface area (Å²) in [5.74, 6) is 3.08. The minimum absolute atomic E-state index is 0.479. The first-order valence-electron chi connectivity index (χ1n) is 7.32. The predicted octanol–water partition coefficient (Wildman–Crippen LogP) is 5.53. The van der Waals surface area contributed by atoms with Crippen LogP contribution in [0.2, 0.25) is 0 Å². The summed E-state index contributed by atoms with van der Waals surface area (Å²) in [5, 5.41) is 0. The summed E-state index contributed by atoms with van der Waals surface area (Å²) in [4.78, 5) is 4.70. The van der Waals surface area contributed by atoms with Gasteiger partial charge in [-0.2, -0.15) is 0 Å². The summed E-state index contributed by atoms with van der Waals surface area (Å²) >= 11 is 9.70. The van der Waals surface area contributed by atoms with Crippen molar-refractivity contribution >= 4 is 38.6 Å². The predicted molar refractivity (Wildman–Crippen MR) is 88.2 cm³/mol. The van der Waals surface area contributed by atoms with Crippen LogP contribution in [0.4, 0.5) is 0 Å². The van der Waals surface area contributed by atoms with Crippen molar-refractivity contribution in [3.63, 3.8) is 0 Å². The summed E-state index contributed by atoms with van der Waals surface area (Å²) in [6, 6.07) is 6.82. The molecular weight excluding hydrogens is 336 g/mol. The van der Waals surface area contributed by atoms with Gasteiger partial charge in [0.15, 0.2) is 0 Å². The third kappa shape index (κ3) is 2.50. The fourth-order valence-corrected chi connectivity index (χ4v) is 3.91. The Morgan fingerprint density at radius 2 is 2.10 bits per heavy atom. The summed E-state index contributed by atoms with van der Waals surface area (Å²) in [6.45, 7) is 4.73. The number of nitrogens with zero attached hydrogens (tertiary/aromatic N) is 2. The first-order chi connectivity index (χ1) is 9.60. The molecular formula is C16H20BrClN2. The molecule has 1 saturated carbocycles. The van der Waals surface area contributed by atoms with E-state index in [1.165, 1.54) is 24.8 Å². The van der Waals surface area contributed by atoms with Gasteiger partial charge in [0.1, 0.15) is 5.82 Å². The van der Waals surface area contributed by atoms with E-state index in [-0.39, 0.29) is 0 Å². The Kier molecular flexibility index (Phi) is 4.09. The summed E-state index contributed by atoms with van der Waals surface area (Å²) in [7, 11) is 0. The molecule has 108 valence electrons. The van der Waals surface area contributed by atoms with Crippen LogP contribution in [0.3, 0.4) is 0 Å². The van der Waals surface area contributed by atoms with Crippen molar-refractivity contribution in [2.75, 3.05) is 0 Å². The molecule has 0 amide bonds. The normalized spacial score (nSPS) is 27.1. The zero-order valence-corrected chi connectivity index (χ0v) is 14.3. The van der Waals surface area contributed by atoms with E-state index in [1.54, 1.807) is 0 Å². The molecule has 1 aromatic heterocycles. The number of hydrogen-bond acceptors (Lipinski definition) is 1. The summed E-state index contributed by atoms with van der Waals surface area (Å²) in [5.41, 5.74) is 2.26. The maximum atomic E-state index is 6.13. The van der Waals surface area contributed by atoms with Crippen LogP contribution in [-0.4, -0.2) is 9.55 Å². The van der Waals surface area contributed by atoms with Gasteiger partial charge in [0.2, 0.25) is 0 Å². The highest BCUT2D eigenvalue weighted by Crippen LogP contribution is 2.39. The van der Waals surface area contributed by atoms with Gasteiger partial charge in [0.25, 0.3) is 0 Å². The number of benzene rings is 1. The van der Waals surface area contributed by atoms with Crippen LogP contribution in [0.15, 0.2) is 22.7 Å². The van der Waals surface area contributed by atoms with E-state index in [2.05, 4.69) is 46.5 Å². The van der Waals surface area contributed by atoms with Gasteiger partial charge in [0.05, 0.1) is 16.9 Å². The van der Waals surface area contributed by atoms with Gasteiger partial charge in [-0.25, -0.2) is 4.98 Å². The van der Waals surface area contributed by atoms with Crippen LogP contribution >= 0.6 is 27.5 Å². The van der Waals surface area contributed by atoms with E-state index < -0.39 is 0 Å². The molecule has 20 heavy (non-hydrogen) atoms. The molecule has 0 aliphatic heterocycles. The van der Waals surface area contributed by atoms with Gasteiger partial charge >= 0.3 is 0 Å². The number of fused-ring (bicyclic) bond motifs is 1. The molecule has 0 spiro atoms. The fraction of sp³-hybridized carbons (Fsp3) is 0.562. The lowest BCUT2D eigenvalue weighted by Gasteiger charge is -2.33. The number of alkyl halides is 1. The second kappa shape index (κ2) is 5.69. The molecule has 2 nitrogen and oxygen atoms in total. The van der Waals surface area contributed by atoms with Crippen LogP contribution in [0.5, 0.6) is 0 Å². The molecule has 3 atom stereocenters. The molecule has 0 bridgehead atoms. The van der Waals surface area contributed by atoms with Crippen LogP contribution in [0.25, 0.3) is 11.0 Å². The molecule has 1 aliphatic rings. The Bertz CT molecular complexity index is 622. The Morgan fingerprint density at radius 1 is 1.30 bits per heavy atom. The van der Waals surface area contributed by atoms with Gasteiger partial charge in [-0.15, -0.1) is 11.6 Å². The molecule has 1 aliphatic carbocycles. The van der Waals surface area contributed by atoms with Crippen LogP contribution in [-0.2, 0) is 5.88 Å². The second-order valence-electron chi connectivity index (χ2n) is 6.09. The lowest BCUT2D eigenvalue weighted by Crippen LogP contribution is -2.24. The zero-order valence-electron chi connectivity index (χ0n) is 11.9. The van der Waals surface area contributed by atoms with Gasteiger partial charge in [-0.3, -0.25) is 0 Å². The largest absolute Gasteiger partial charge is 0.324 e. The van der Waals surface area contributed by atoms with E-state index in [1.807, 2.05) is 6.07 Å². The quantitative estimate of drug-likeness (QED) is 0.647. The molecule has 3 unspecified atom stereocenters. The number of hydrogen-bond donors (Lipinski definition) is 0. The van der Waals surface area contributed by atoms with Crippen molar-refractivity contribution in [1.82, 2.24) is 9.55 Å². The van der Waals surface area contributed by atoms with Crippen molar-refractivity contribution in [2.24, 2.45) is 11.8 Å². The van der Waals surface area contributed by atoms with Gasteiger partial charge < -0.3 is 4.57 Å². The topological polar surface area (TPSA) is 17.8 Å². The highest BCUT2D eigenvalue weighted by atomic mass is 79.9. The molecule has 1 aromatic carbocycles. The fourth-order valence-electron chi connectivity index (χ4n) is 3.37. The van der Waals surface area contributed by atoms with Crippen molar-refractivity contribution in [3.8, 4) is 0 Å². The molecule has 1 heterocycles. The van der Waals surface area contributed by atoms with Crippen LogP contribution in [0.1, 0.15) is 45.0 Å². The van der Waals surface area contributed by atoms with E-state index in [0.717, 1.165) is 27.6 Å². The van der Waals surface area contributed by atoms with Gasteiger partial charge in [-0.05, 0) is 49.3 Å². The Labute approximate surface area is 133 Å². The average Bonchev–Trinajstić information content (AvgIpc) is 2.79. The summed E-state index contributed by atoms with van der Waals surface area (Å²) < 4.78 is 3.49. The zero-order chi connectivity index (χ0) is 14.3. The number of halogens is 2. The van der Waals surface area contributed by atoms with Gasteiger partial charge in [-0.1, -0.05) is 29.8 Å². The van der Waals surface area contributed by atoms with E-state index in [4.69, 9.17) is 16.6 Å². The molecule has 3 rings (SSSR count). The Balaban J connectivity index is 2.07. The lowest BCUT2D eigenvalue weighted by molar-refractivity contribution is 0.211. The van der Waals surface area contributed by atoms with Crippen molar-refractivity contribution < 1.29 is 0 Å². The van der Waals surface area contributed by atoms with E-state index in [0.29, 0.717) is 11.9 Å². The molecule has 2 aromatic rings. The molecule has 1 fully saturated rings. The third-order valence-electron chi connectivity index (χ3n) is 4.78. The van der Waals surface area contributed by atoms with Crippen molar-refractivity contribution in [3.05, 3.63) is 28.5 Å². The molecule has 0 N–H and O–H groups in total. The maximum Gasteiger partial charge on any atom is 0.125 e. The smallest absolute Gasteiger partial charge is 0.125 e. The van der Waals surface area contributed by atoms with E-state index >= 15 is 0 Å². The van der Waals surface area contributed by atoms with Gasteiger partial charge in [0, 0.05) is 10.5 Å². The standard InChI is InChI=1S/C16H20BrClN2/c1-10-3-5-13(7-11(10)2)20-15-8-12(17)4-6-14(15)19-16(20)9-18/h4,6,8,10-11,13H,3,5,7,9H2,1-2H3. The number of aromatic nitrogens is 2. The lowest BCUT2D eigenvalue weighted by atomic mass is 9.79. The first kappa shape index (κ1) is 14.4. The maximum absolute atomic E-state index is 6.13. The monoisotopic (exact) mass is 354 g/mol. The van der Waals surface area contributed by atoms with E-state index in [9.17, 15) is 0 Å². The number of imidazole rings is 1. The summed E-state index contributed by atoms with van der Waals surface area (Å²) in [6.07, 6.45) is 3.75. The Morgan fingerprint density at radius 3 is 2.80 bits per heavy atom. The minimum Gasteiger partial charge on any atom is -0.324 e. The van der Waals surface area contributed by atoms with Crippen molar-refractivity contribution in [2.45, 2.75) is 45.0 Å². The highest BCUT2D eigenvalue weighted by Gasteiger charge is 2.28. The number of rotatable bonds is 2. The van der Waals surface area contributed by atoms with Crippen LogP contribution < -0.4 is 0 Å². The molecule has 0 saturated heterocycles. The SMILES string of the molecule is CC1CCC(n2c(CCl)nc3ccc(Br)cc32)CC1C. The molecule has 0 radical (unpaired) electrons. The Hall–Kier alpha value is -0.540. The second-order valence-corrected chi connectivity index (χ2v) is 7.27. The third-order valence-corrected chi connectivity index (χ3v) is 5.51. The molecule has 4 heteroatoms. The highest BCUT2D eigenvalue weighted by molar-refractivity contribution is 9.10. The minimum atomic E-state index is 0.479. The first-order valence-corrected chi connectivity index (χ1v) is 8.65. The average molecular weight is 356 g/mol. The van der Waals surface area contributed by atoms with Crippen LogP contribution in [0, 0.1) is 11.8 Å². The van der Waals surface area contributed by atoms with Crippen molar-refractivity contribution in [1.29, 1.82) is 0 Å².